The van der Waals surface area contributed by atoms with Gasteiger partial charge in [0.1, 0.15) is 11.8 Å². The summed E-state index contributed by atoms with van der Waals surface area (Å²) in [4.78, 5) is 11.3. The minimum atomic E-state index is -1.09. The van der Waals surface area contributed by atoms with E-state index in [1.54, 1.807) is 0 Å². The Balaban J connectivity index is 2.63. The Morgan fingerprint density at radius 3 is 2.80 bits per heavy atom. The second kappa shape index (κ2) is 5.77. The summed E-state index contributed by atoms with van der Waals surface area (Å²) in [6.45, 7) is 7.38. The van der Waals surface area contributed by atoms with Gasteiger partial charge >= 0.3 is 0 Å². The summed E-state index contributed by atoms with van der Waals surface area (Å²) in [5, 5.41) is 1.98. The Bertz CT molecular complexity index is 211. The predicted molar refractivity (Wildman–Crippen MR) is 64.2 cm³/mol. The van der Waals surface area contributed by atoms with E-state index in [0.29, 0.717) is 0 Å². The van der Waals surface area contributed by atoms with Crippen LogP contribution in [0.5, 0.6) is 0 Å². The first-order valence-corrected chi connectivity index (χ1v) is 8.83. The van der Waals surface area contributed by atoms with E-state index in [-0.39, 0.29) is 5.54 Å². The number of nitrogens with zero attached hydrogens (tertiary/aromatic N) is 1. The van der Waals surface area contributed by atoms with Crippen molar-refractivity contribution in [3.63, 3.8) is 0 Å². The highest BCUT2D eigenvalue weighted by Gasteiger charge is 2.41. The molecule has 0 aromatic carbocycles. The van der Waals surface area contributed by atoms with Crippen LogP contribution in [-0.2, 0) is 9.32 Å². The van der Waals surface area contributed by atoms with Gasteiger partial charge in [0.05, 0.1) is 0 Å². The number of hydrogen-bond donors (Lipinski definition) is 0. The standard InChI is InChI=1S/C11H23NO2Si/c1-4-5-7-11(10-13)8-6-9-12(11)14-15(2)3/h10,15H,4-9H2,1-3H3. The van der Waals surface area contributed by atoms with Crippen LogP contribution in [0.3, 0.4) is 0 Å². The number of carbonyl (C=O) groups excluding carboxylic acids is 1. The van der Waals surface area contributed by atoms with Crippen LogP contribution in [0, 0.1) is 0 Å². The van der Waals surface area contributed by atoms with Crippen molar-refractivity contribution in [1.82, 2.24) is 5.06 Å². The molecule has 1 aliphatic heterocycles. The molecule has 0 aromatic rings. The Labute approximate surface area is 94.5 Å². The molecule has 1 unspecified atom stereocenters. The Kier molecular flexibility index (Phi) is 4.95. The Morgan fingerprint density at radius 1 is 1.53 bits per heavy atom. The molecule has 1 rings (SSSR count). The van der Waals surface area contributed by atoms with Gasteiger partial charge in [-0.1, -0.05) is 19.8 Å². The third-order valence-corrected chi connectivity index (χ3v) is 3.66. The highest BCUT2D eigenvalue weighted by molar-refractivity contribution is 6.48. The fourth-order valence-corrected chi connectivity index (χ4v) is 3.02. The summed E-state index contributed by atoms with van der Waals surface area (Å²) >= 11 is 0. The zero-order chi connectivity index (χ0) is 11.3. The van der Waals surface area contributed by atoms with Gasteiger partial charge in [0, 0.05) is 6.54 Å². The van der Waals surface area contributed by atoms with Crippen molar-refractivity contribution in [2.24, 2.45) is 0 Å². The maximum absolute atomic E-state index is 11.3. The Hall–Kier alpha value is -0.193. The lowest BCUT2D eigenvalue weighted by molar-refractivity contribution is -0.147. The summed E-state index contributed by atoms with van der Waals surface area (Å²) in [5.41, 5.74) is -0.298. The van der Waals surface area contributed by atoms with Crippen molar-refractivity contribution in [2.75, 3.05) is 6.54 Å². The van der Waals surface area contributed by atoms with Gasteiger partial charge in [-0.2, -0.15) is 5.06 Å². The van der Waals surface area contributed by atoms with Gasteiger partial charge in [0.25, 0.3) is 0 Å². The highest BCUT2D eigenvalue weighted by Crippen LogP contribution is 2.32. The first kappa shape index (κ1) is 12.9. The van der Waals surface area contributed by atoms with Crippen LogP contribution in [0.25, 0.3) is 0 Å². The molecule has 1 heterocycles. The van der Waals surface area contributed by atoms with Crippen molar-refractivity contribution < 1.29 is 9.32 Å². The van der Waals surface area contributed by atoms with E-state index in [9.17, 15) is 4.79 Å². The van der Waals surface area contributed by atoms with Gasteiger partial charge < -0.3 is 9.32 Å². The van der Waals surface area contributed by atoms with Crippen molar-refractivity contribution in [1.29, 1.82) is 0 Å². The van der Waals surface area contributed by atoms with Crippen molar-refractivity contribution in [3.05, 3.63) is 0 Å². The van der Waals surface area contributed by atoms with Crippen molar-refractivity contribution in [2.45, 2.75) is 57.7 Å². The van der Waals surface area contributed by atoms with E-state index in [1.165, 1.54) is 0 Å². The minimum absolute atomic E-state index is 0.298. The van der Waals surface area contributed by atoms with E-state index in [2.05, 4.69) is 20.0 Å². The second-order valence-corrected chi connectivity index (χ2v) is 6.99. The smallest absolute Gasteiger partial charge is 0.199 e. The van der Waals surface area contributed by atoms with Gasteiger partial charge in [-0.05, 0) is 32.4 Å². The molecule has 0 saturated carbocycles. The average molecular weight is 229 g/mol. The van der Waals surface area contributed by atoms with E-state index in [4.69, 9.17) is 4.53 Å². The van der Waals surface area contributed by atoms with E-state index < -0.39 is 9.04 Å². The van der Waals surface area contributed by atoms with Crippen LogP contribution in [0.2, 0.25) is 13.1 Å². The number of hydroxylamine groups is 2. The first-order valence-electron chi connectivity index (χ1n) is 6.05. The normalized spacial score (nSPS) is 27.5. The third kappa shape index (κ3) is 3.13. The highest BCUT2D eigenvalue weighted by atomic mass is 28.3. The van der Waals surface area contributed by atoms with Crippen LogP contribution in [0.1, 0.15) is 39.0 Å². The molecule has 4 heteroatoms. The monoisotopic (exact) mass is 229 g/mol. The van der Waals surface area contributed by atoms with Crippen LogP contribution < -0.4 is 0 Å². The zero-order valence-electron chi connectivity index (χ0n) is 10.2. The predicted octanol–water partition coefficient (Wildman–Crippen LogP) is 2.13. The van der Waals surface area contributed by atoms with E-state index >= 15 is 0 Å². The summed E-state index contributed by atoms with van der Waals surface area (Å²) in [7, 11) is -1.09. The maximum Gasteiger partial charge on any atom is 0.199 e. The summed E-state index contributed by atoms with van der Waals surface area (Å²) < 4.78 is 5.86. The molecule has 1 fully saturated rings. The lowest BCUT2D eigenvalue weighted by Gasteiger charge is -2.34. The second-order valence-electron chi connectivity index (χ2n) is 4.68. The number of hydrogen-bond acceptors (Lipinski definition) is 3. The Morgan fingerprint density at radius 2 is 2.27 bits per heavy atom. The molecule has 0 radical (unpaired) electrons. The molecule has 0 aromatic heterocycles. The number of rotatable bonds is 6. The lowest BCUT2D eigenvalue weighted by Crippen LogP contribution is -2.47. The van der Waals surface area contributed by atoms with E-state index in [1.807, 2.05) is 5.06 Å². The van der Waals surface area contributed by atoms with Crippen LogP contribution in [0.15, 0.2) is 0 Å². The summed E-state index contributed by atoms with van der Waals surface area (Å²) in [5.74, 6) is 0. The molecule has 0 bridgehead atoms. The van der Waals surface area contributed by atoms with Crippen molar-refractivity contribution >= 4 is 15.3 Å². The van der Waals surface area contributed by atoms with Gasteiger partial charge in [0.15, 0.2) is 9.04 Å². The van der Waals surface area contributed by atoms with Gasteiger partial charge in [0.2, 0.25) is 0 Å². The van der Waals surface area contributed by atoms with Gasteiger partial charge in [-0.25, -0.2) is 0 Å². The quantitative estimate of drug-likeness (QED) is 0.516. The first-order chi connectivity index (χ1) is 7.14. The minimum Gasteiger partial charge on any atom is -0.346 e. The molecule has 1 aliphatic rings. The van der Waals surface area contributed by atoms with Crippen molar-refractivity contribution in [3.8, 4) is 0 Å². The topological polar surface area (TPSA) is 29.5 Å². The molecule has 15 heavy (non-hydrogen) atoms. The van der Waals surface area contributed by atoms with E-state index in [0.717, 1.165) is 44.9 Å². The molecule has 0 amide bonds. The molecular formula is C11H23NO2Si. The molecule has 1 atom stereocenters. The van der Waals surface area contributed by atoms with Gasteiger partial charge in [-0.3, -0.25) is 0 Å². The molecular weight excluding hydrogens is 206 g/mol. The third-order valence-electron chi connectivity index (χ3n) is 2.99. The molecule has 0 aliphatic carbocycles. The van der Waals surface area contributed by atoms with Crippen LogP contribution in [-0.4, -0.2) is 32.5 Å². The van der Waals surface area contributed by atoms with Crippen LogP contribution >= 0.6 is 0 Å². The molecule has 0 N–H and O–H groups in total. The largest absolute Gasteiger partial charge is 0.346 e. The molecule has 3 nitrogen and oxygen atoms in total. The number of unbranched alkanes of at least 4 members (excludes halogenated alkanes) is 1. The summed E-state index contributed by atoms with van der Waals surface area (Å²) in [6.07, 6.45) is 6.38. The lowest BCUT2D eigenvalue weighted by atomic mass is 9.92. The SMILES string of the molecule is CCCCC1(C=O)CCCN1O[SiH](C)C. The molecule has 0 spiro atoms. The molecule has 1 saturated heterocycles. The zero-order valence-corrected chi connectivity index (χ0v) is 11.3. The fraction of sp³-hybridized carbons (Fsp3) is 0.909. The number of carbonyl (C=O) groups is 1. The van der Waals surface area contributed by atoms with Crippen LogP contribution in [0.4, 0.5) is 0 Å². The molecule has 88 valence electrons. The number of aldehydes is 1. The fourth-order valence-electron chi connectivity index (χ4n) is 2.20. The maximum atomic E-state index is 11.3. The summed E-state index contributed by atoms with van der Waals surface area (Å²) in [6, 6.07) is 0. The average Bonchev–Trinajstić information content (AvgIpc) is 2.58. The van der Waals surface area contributed by atoms with Gasteiger partial charge in [-0.15, -0.1) is 0 Å².